The Morgan fingerprint density at radius 2 is 2.64 bits per heavy atom. The standard InChI is InChI=1S/C7H8N2OS/c8-7-9-5(4-10-7)6-2-1-3-11-6/h1-3,5H,4H2,(H2,8,9). The van der Waals surface area contributed by atoms with Gasteiger partial charge in [0.2, 0.25) is 0 Å². The molecule has 0 saturated carbocycles. The molecule has 1 aliphatic heterocycles. The molecule has 1 atom stereocenters. The summed E-state index contributed by atoms with van der Waals surface area (Å²) in [4.78, 5) is 5.33. The van der Waals surface area contributed by atoms with Crippen molar-refractivity contribution < 1.29 is 4.74 Å². The topological polar surface area (TPSA) is 47.6 Å². The van der Waals surface area contributed by atoms with Gasteiger partial charge < -0.3 is 10.5 Å². The number of nitrogens with two attached hydrogens (primary N) is 1. The average Bonchev–Trinajstić information content (AvgIpc) is 2.55. The van der Waals surface area contributed by atoms with Gasteiger partial charge in [-0.05, 0) is 11.4 Å². The summed E-state index contributed by atoms with van der Waals surface area (Å²) < 4.78 is 5.02. The smallest absolute Gasteiger partial charge is 0.282 e. The third-order valence-corrected chi connectivity index (χ3v) is 2.52. The van der Waals surface area contributed by atoms with E-state index in [1.54, 1.807) is 11.3 Å². The van der Waals surface area contributed by atoms with Crippen molar-refractivity contribution in [3.8, 4) is 0 Å². The fourth-order valence-electron chi connectivity index (χ4n) is 1.02. The van der Waals surface area contributed by atoms with Gasteiger partial charge in [0.05, 0.1) is 0 Å². The summed E-state index contributed by atoms with van der Waals surface area (Å²) in [6.07, 6.45) is 0. The maximum Gasteiger partial charge on any atom is 0.282 e. The summed E-state index contributed by atoms with van der Waals surface area (Å²) >= 11 is 1.68. The Kier molecular flexibility index (Phi) is 1.54. The largest absolute Gasteiger partial charge is 0.463 e. The molecular weight excluding hydrogens is 160 g/mol. The Hall–Kier alpha value is -1.03. The zero-order chi connectivity index (χ0) is 7.68. The molecule has 0 radical (unpaired) electrons. The molecule has 3 nitrogen and oxygen atoms in total. The van der Waals surface area contributed by atoms with Crippen LogP contribution in [0.2, 0.25) is 0 Å². The third-order valence-electron chi connectivity index (χ3n) is 1.54. The Bertz CT molecular complexity index is 268. The highest BCUT2D eigenvalue weighted by molar-refractivity contribution is 7.10. The van der Waals surface area contributed by atoms with E-state index >= 15 is 0 Å². The quantitative estimate of drug-likeness (QED) is 0.683. The van der Waals surface area contributed by atoms with Gasteiger partial charge in [-0.1, -0.05) is 6.07 Å². The predicted molar refractivity (Wildman–Crippen MR) is 44.6 cm³/mol. The molecule has 0 aromatic carbocycles. The molecule has 2 heterocycles. The third kappa shape index (κ3) is 1.21. The van der Waals surface area contributed by atoms with Gasteiger partial charge >= 0.3 is 0 Å². The number of ether oxygens (including phenoxy) is 1. The molecule has 1 aromatic rings. The molecule has 2 N–H and O–H groups in total. The molecule has 0 amide bonds. The van der Waals surface area contributed by atoms with Crippen molar-refractivity contribution in [3.05, 3.63) is 22.4 Å². The number of rotatable bonds is 1. The van der Waals surface area contributed by atoms with Gasteiger partial charge in [0.15, 0.2) is 0 Å². The number of aliphatic imine (C=N–C) groups is 1. The van der Waals surface area contributed by atoms with E-state index in [0.29, 0.717) is 12.6 Å². The van der Waals surface area contributed by atoms with Gasteiger partial charge in [0.1, 0.15) is 12.6 Å². The SMILES string of the molecule is NC1=NC(c2cccs2)CO1. The fourth-order valence-corrected chi connectivity index (χ4v) is 1.77. The second-order valence-electron chi connectivity index (χ2n) is 2.31. The first-order chi connectivity index (χ1) is 5.36. The van der Waals surface area contributed by atoms with Gasteiger partial charge in [-0.25, -0.2) is 4.99 Å². The molecule has 58 valence electrons. The second-order valence-corrected chi connectivity index (χ2v) is 3.29. The molecule has 1 unspecified atom stereocenters. The Labute approximate surface area is 68.5 Å². The van der Waals surface area contributed by atoms with Crippen molar-refractivity contribution in [2.24, 2.45) is 10.7 Å². The van der Waals surface area contributed by atoms with Gasteiger partial charge in [-0.2, -0.15) is 0 Å². The maximum absolute atomic E-state index is 5.36. The minimum Gasteiger partial charge on any atom is -0.463 e. The predicted octanol–water partition coefficient (Wildman–Crippen LogP) is 1.13. The monoisotopic (exact) mass is 168 g/mol. The fraction of sp³-hybridized carbons (Fsp3) is 0.286. The van der Waals surface area contributed by atoms with Gasteiger partial charge in [-0.15, -0.1) is 11.3 Å². The molecule has 0 saturated heterocycles. The molecule has 11 heavy (non-hydrogen) atoms. The number of amidine groups is 1. The lowest BCUT2D eigenvalue weighted by molar-refractivity contribution is 0.316. The number of hydrogen-bond acceptors (Lipinski definition) is 4. The first-order valence-corrected chi connectivity index (χ1v) is 4.24. The molecule has 0 fully saturated rings. The van der Waals surface area contributed by atoms with Crippen LogP contribution in [0, 0.1) is 0 Å². The Morgan fingerprint density at radius 3 is 3.18 bits per heavy atom. The lowest BCUT2D eigenvalue weighted by Gasteiger charge is -1.98. The van der Waals surface area contributed by atoms with E-state index in [1.165, 1.54) is 4.88 Å². The van der Waals surface area contributed by atoms with Crippen LogP contribution < -0.4 is 5.73 Å². The van der Waals surface area contributed by atoms with Crippen molar-refractivity contribution in [2.45, 2.75) is 6.04 Å². The van der Waals surface area contributed by atoms with E-state index in [-0.39, 0.29) is 6.04 Å². The summed E-state index contributed by atoms with van der Waals surface area (Å²) in [5.74, 6) is 0. The van der Waals surface area contributed by atoms with Crippen LogP contribution in [-0.2, 0) is 4.74 Å². The molecule has 4 heteroatoms. The maximum atomic E-state index is 5.36. The van der Waals surface area contributed by atoms with Crippen LogP contribution in [0.4, 0.5) is 0 Å². The van der Waals surface area contributed by atoms with Crippen LogP contribution in [0.1, 0.15) is 10.9 Å². The number of nitrogens with zero attached hydrogens (tertiary/aromatic N) is 1. The Morgan fingerprint density at radius 1 is 1.73 bits per heavy atom. The average molecular weight is 168 g/mol. The highest BCUT2D eigenvalue weighted by atomic mass is 32.1. The van der Waals surface area contributed by atoms with E-state index in [1.807, 2.05) is 17.5 Å². The van der Waals surface area contributed by atoms with Crippen LogP contribution in [0.3, 0.4) is 0 Å². The van der Waals surface area contributed by atoms with Crippen molar-refractivity contribution in [2.75, 3.05) is 6.61 Å². The first kappa shape index (κ1) is 6.67. The van der Waals surface area contributed by atoms with Crippen molar-refractivity contribution in [1.82, 2.24) is 0 Å². The van der Waals surface area contributed by atoms with Crippen molar-refractivity contribution >= 4 is 17.4 Å². The summed E-state index contributed by atoms with van der Waals surface area (Å²) in [5, 5.41) is 2.03. The summed E-state index contributed by atoms with van der Waals surface area (Å²) in [6.45, 7) is 0.590. The Balaban J connectivity index is 2.20. The van der Waals surface area contributed by atoms with Crippen LogP contribution in [0.15, 0.2) is 22.5 Å². The van der Waals surface area contributed by atoms with E-state index in [9.17, 15) is 0 Å². The molecule has 1 aromatic heterocycles. The minimum atomic E-state index is 0.134. The van der Waals surface area contributed by atoms with Gasteiger partial charge in [-0.3, -0.25) is 0 Å². The summed E-state index contributed by atoms with van der Waals surface area (Å²) in [7, 11) is 0. The highest BCUT2D eigenvalue weighted by Gasteiger charge is 2.18. The number of thiophene rings is 1. The van der Waals surface area contributed by atoms with E-state index in [2.05, 4.69) is 4.99 Å². The van der Waals surface area contributed by atoms with Gasteiger partial charge in [0, 0.05) is 4.88 Å². The molecule has 0 aliphatic carbocycles. The van der Waals surface area contributed by atoms with Crippen LogP contribution in [-0.4, -0.2) is 12.6 Å². The zero-order valence-corrected chi connectivity index (χ0v) is 6.67. The van der Waals surface area contributed by atoms with Crippen LogP contribution in [0.5, 0.6) is 0 Å². The highest BCUT2D eigenvalue weighted by Crippen LogP contribution is 2.25. The molecule has 2 rings (SSSR count). The lowest BCUT2D eigenvalue weighted by Crippen LogP contribution is -2.10. The van der Waals surface area contributed by atoms with Crippen molar-refractivity contribution in [1.29, 1.82) is 0 Å². The van der Waals surface area contributed by atoms with Crippen LogP contribution in [0.25, 0.3) is 0 Å². The molecule has 0 bridgehead atoms. The van der Waals surface area contributed by atoms with Crippen molar-refractivity contribution in [3.63, 3.8) is 0 Å². The van der Waals surface area contributed by atoms with Crippen LogP contribution >= 0.6 is 11.3 Å². The van der Waals surface area contributed by atoms with E-state index < -0.39 is 0 Å². The zero-order valence-electron chi connectivity index (χ0n) is 5.86. The normalized spacial score (nSPS) is 22.9. The minimum absolute atomic E-state index is 0.134. The lowest BCUT2D eigenvalue weighted by atomic mass is 10.3. The first-order valence-electron chi connectivity index (χ1n) is 3.36. The summed E-state index contributed by atoms with van der Waals surface area (Å²) in [5.41, 5.74) is 5.36. The second kappa shape index (κ2) is 2.54. The van der Waals surface area contributed by atoms with E-state index in [0.717, 1.165) is 0 Å². The molecule has 0 spiro atoms. The number of hydrogen-bond donors (Lipinski definition) is 1. The molecular formula is C7H8N2OS. The summed E-state index contributed by atoms with van der Waals surface area (Å²) in [6, 6.07) is 4.49. The molecule has 1 aliphatic rings. The van der Waals surface area contributed by atoms with E-state index in [4.69, 9.17) is 10.5 Å². The van der Waals surface area contributed by atoms with Gasteiger partial charge in [0.25, 0.3) is 6.02 Å².